The number of likely N-dealkylation sites (tertiary alicyclic amines) is 1. The van der Waals surface area contributed by atoms with Gasteiger partial charge in [-0.1, -0.05) is 0 Å². The Labute approximate surface area is 110 Å². The van der Waals surface area contributed by atoms with Gasteiger partial charge in [-0.05, 0) is 60.8 Å². The summed E-state index contributed by atoms with van der Waals surface area (Å²) in [7, 11) is 0. The van der Waals surface area contributed by atoms with Crippen LogP contribution in [0.4, 0.5) is 0 Å². The van der Waals surface area contributed by atoms with E-state index in [-0.39, 0.29) is 0 Å². The molecule has 0 spiro atoms. The zero-order chi connectivity index (χ0) is 11.7. The van der Waals surface area contributed by atoms with Crippen LogP contribution in [-0.4, -0.2) is 24.0 Å². The van der Waals surface area contributed by atoms with Crippen molar-refractivity contribution in [3.05, 3.63) is 20.8 Å². The van der Waals surface area contributed by atoms with E-state index >= 15 is 0 Å². The van der Waals surface area contributed by atoms with Crippen LogP contribution >= 0.6 is 27.3 Å². The quantitative estimate of drug-likeness (QED) is 0.929. The van der Waals surface area contributed by atoms with E-state index in [9.17, 15) is 0 Å². The van der Waals surface area contributed by atoms with Crippen LogP contribution in [0.25, 0.3) is 0 Å². The van der Waals surface area contributed by atoms with Crippen molar-refractivity contribution in [1.29, 1.82) is 0 Å². The minimum Gasteiger partial charge on any atom is -0.328 e. The van der Waals surface area contributed by atoms with Gasteiger partial charge in [-0.2, -0.15) is 0 Å². The Bertz CT molecular complexity index is 351. The van der Waals surface area contributed by atoms with E-state index in [1.54, 1.807) is 0 Å². The predicted molar refractivity (Wildman–Crippen MR) is 73.8 cm³/mol. The van der Waals surface area contributed by atoms with Crippen LogP contribution in [0.15, 0.2) is 15.9 Å². The molecule has 0 aromatic carbocycles. The van der Waals surface area contributed by atoms with Gasteiger partial charge in [0.05, 0.1) is 3.79 Å². The van der Waals surface area contributed by atoms with Gasteiger partial charge < -0.3 is 5.73 Å². The SMILES string of the molecule is CC(N)C1CCN(C(C)c2ccc(Br)s2)C1. The smallest absolute Gasteiger partial charge is 0.0701 e. The van der Waals surface area contributed by atoms with Gasteiger partial charge in [-0.15, -0.1) is 11.3 Å². The van der Waals surface area contributed by atoms with Gasteiger partial charge in [0.2, 0.25) is 0 Å². The number of hydrogen-bond donors (Lipinski definition) is 1. The van der Waals surface area contributed by atoms with E-state index in [1.165, 1.54) is 21.6 Å². The summed E-state index contributed by atoms with van der Waals surface area (Å²) in [4.78, 5) is 3.99. The lowest BCUT2D eigenvalue weighted by Gasteiger charge is -2.24. The molecule has 3 atom stereocenters. The molecule has 2 heterocycles. The second kappa shape index (κ2) is 5.17. The Balaban J connectivity index is 1.99. The van der Waals surface area contributed by atoms with Crippen LogP contribution in [0.5, 0.6) is 0 Å². The summed E-state index contributed by atoms with van der Waals surface area (Å²) in [5.74, 6) is 0.672. The molecule has 0 saturated carbocycles. The van der Waals surface area contributed by atoms with Gasteiger partial charge >= 0.3 is 0 Å². The number of hydrogen-bond acceptors (Lipinski definition) is 3. The monoisotopic (exact) mass is 302 g/mol. The molecule has 2 N–H and O–H groups in total. The van der Waals surface area contributed by atoms with Crippen LogP contribution in [0, 0.1) is 5.92 Å². The first-order valence-electron chi connectivity index (χ1n) is 5.83. The molecular weight excluding hydrogens is 284 g/mol. The number of thiophene rings is 1. The maximum absolute atomic E-state index is 5.97. The maximum Gasteiger partial charge on any atom is 0.0701 e. The number of nitrogens with two attached hydrogens (primary N) is 1. The van der Waals surface area contributed by atoms with E-state index in [0.717, 1.165) is 6.54 Å². The predicted octanol–water partition coefficient (Wildman–Crippen LogP) is 3.24. The Kier molecular flexibility index (Phi) is 4.06. The molecular formula is C12H19BrN2S. The highest BCUT2D eigenvalue weighted by atomic mass is 79.9. The Morgan fingerprint density at radius 2 is 2.25 bits per heavy atom. The van der Waals surface area contributed by atoms with Gasteiger partial charge in [0, 0.05) is 23.5 Å². The third kappa shape index (κ3) is 2.67. The number of rotatable bonds is 3. The molecule has 0 bridgehead atoms. The minimum atomic E-state index is 0.326. The van der Waals surface area contributed by atoms with Gasteiger partial charge in [0.25, 0.3) is 0 Å². The van der Waals surface area contributed by atoms with Gasteiger partial charge in [0.15, 0.2) is 0 Å². The summed E-state index contributed by atoms with van der Waals surface area (Å²) in [5.41, 5.74) is 5.97. The van der Waals surface area contributed by atoms with E-state index in [2.05, 4.69) is 46.8 Å². The molecule has 1 aromatic heterocycles. The van der Waals surface area contributed by atoms with Crippen LogP contribution < -0.4 is 5.73 Å². The molecule has 2 rings (SSSR count). The maximum atomic E-state index is 5.97. The molecule has 90 valence electrons. The topological polar surface area (TPSA) is 29.3 Å². The molecule has 2 nitrogen and oxygen atoms in total. The van der Waals surface area contributed by atoms with Crippen molar-refractivity contribution in [2.24, 2.45) is 11.7 Å². The zero-order valence-corrected chi connectivity index (χ0v) is 12.2. The van der Waals surface area contributed by atoms with E-state index in [1.807, 2.05) is 11.3 Å². The van der Waals surface area contributed by atoms with Gasteiger partial charge in [-0.25, -0.2) is 0 Å². The highest BCUT2D eigenvalue weighted by Gasteiger charge is 2.29. The molecule has 16 heavy (non-hydrogen) atoms. The molecule has 3 unspecified atom stereocenters. The van der Waals surface area contributed by atoms with E-state index in [0.29, 0.717) is 18.0 Å². The summed E-state index contributed by atoms with van der Waals surface area (Å²) in [6.45, 7) is 6.75. The summed E-state index contributed by atoms with van der Waals surface area (Å²) < 4.78 is 1.22. The molecule has 1 fully saturated rings. The van der Waals surface area contributed by atoms with Crippen molar-refractivity contribution >= 4 is 27.3 Å². The fraction of sp³-hybridized carbons (Fsp3) is 0.667. The molecule has 0 amide bonds. The van der Waals surface area contributed by atoms with Gasteiger partial charge in [0.1, 0.15) is 0 Å². The van der Waals surface area contributed by atoms with Crippen LogP contribution in [0.1, 0.15) is 31.2 Å². The first kappa shape index (κ1) is 12.6. The fourth-order valence-corrected chi connectivity index (χ4v) is 3.84. The normalized spacial score (nSPS) is 25.9. The Morgan fingerprint density at radius 1 is 1.50 bits per heavy atom. The molecule has 0 aliphatic carbocycles. The average Bonchev–Trinajstić information content (AvgIpc) is 2.84. The molecule has 4 heteroatoms. The van der Waals surface area contributed by atoms with Crippen molar-refractivity contribution in [3.63, 3.8) is 0 Å². The molecule has 1 aliphatic rings. The first-order chi connectivity index (χ1) is 7.58. The van der Waals surface area contributed by atoms with Crippen LogP contribution in [0.2, 0.25) is 0 Å². The lowest BCUT2D eigenvalue weighted by atomic mass is 10.0. The Morgan fingerprint density at radius 3 is 2.75 bits per heavy atom. The van der Waals surface area contributed by atoms with Crippen molar-refractivity contribution in [3.8, 4) is 0 Å². The molecule has 1 aromatic rings. The lowest BCUT2D eigenvalue weighted by molar-refractivity contribution is 0.251. The minimum absolute atomic E-state index is 0.326. The summed E-state index contributed by atoms with van der Waals surface area (Å²) in [6, 6.07) is 5.21. The fourth-order valence-electron chi connectivity index (χ4n) is 2.33. The average molecular weight is 303 g/mol. The third-order valence-corrected chi connectivity index (χ3v) is 5.35. The second-order valence-corrected chi connectivity index (χ2v) is 7.22. The lowest BCUT2D eigenvalue weighted by Crippen LogP contribution is -2.30. The zero-order valence-electron chi connectivity index (χ0n) is 9.82. The van der Waals surface area contributed by atoms with Crippen molar-refractivity contribution in [2.45, 2.75) is 32.4 Å². The second-order valence-electron chi connectivity index (χ2n) is 4.72. The van der Waals surface area contributed by atoms with E-state index in [4.69, 9.17) is 5.73 Å². The number of nitrogens with zero attached hydrogens (tertiary/aromatic N) is 1. The highest BCUT2D eigenvalue weighted by molar-refractivity contribution is 9.11. The largest absolute Gasteiger partial charge is 0.328 e. The van der Waals surface area contributed by atoms with Crippen molar-refractivity contribution in [1.82, 2.24) is 4.90 Å². The van der Waals surface area contributed by atoms with Crippen molar-refractivity contribution < 1.29 is 0 Å². The van der Waals surface area contributed by atoms with Gasteiger partial charge in [-0.3, -0.25) is 4.90 Å². The third-order valence-electron chi connectivity index (χ3n) is 3.55. The Hall–Kier alpha value is 0.1000. The highest BCUT2D eigenvalue weighted by Crippen LogP contribution is 2.33. The summed E-state index contributed by atoms with van der Waals surface area (Å²) in [5, 5.41) is 0. The first-order valence-corrected chi connectivity index (χ1v) is 7.43. The van der Waals surface area contributed by atoms with Crippen LogP contribution in [-0.2, 0) is 0 Å². The molecule has 1 aliphatic heterocycles. The summed E-state index contributed by atoms with van der Waals surface area (Å²) in [6.07, 6.45) is 1.24. The standard InChI is InChI=1S/C12H19BrN2S/c1-8(14)10-5-6-15(7-10)9(2)11-3-4-12(13)16-11/h3-4,8-10H,5-7,14H2,1-2H3. The van der Waals surface area contributed by atoms with E-state index < -0.39 is 0 Å². The summed E-state index contributed by atoms with van der Waals surface area (Å²) >= 11 is 5.36. The van der Waals surface area contributed by atoms with Crippen LogP contribution in [0.3, 0.4) is 0 Å². The molecule has 0 radical (unpaired) electrons. The van der Waals surface area contributed by atoms with Crippen molar-refractivity contribution in [2.75, 3.05) is 13.1 Å². The number of halogens is 1. The molecule has 1 saturated heterocycles.